The van der Waals surface area contributed by atoms with Gasteiger partial charge in [-0.2, -0.15) is 4.98 Å². The van der Waals surface area contributed by atoms with E-state index < -0.39 is 18.2 Å². The van der Waals surface area contributed by atoms with Crippen LogP contribution in [0.3, 0.4) is 0 Å². The minimum atomic E-state index is -1.00. The summed E-state index contributed by atoms with van der Waals surface area (Å²) in [5.41, 5.74) is 1.51. The molecule has 1 aliphatic rings. The summed E-state index contributed by atoms with van der Waals surface area (Å²) in [6.07, 6.45) is 5.51. The predicted octanol–water partition coefficient (Wildman–Crippen LogP) is 2.26. The van der Waals surface area contributed by atoms with Crippen LogP contribution in [0.25, 0.3) is 20.8 Å². The molecular weight excluding hydrogens is 416 g/mol. The highest BCUT2D eigenvalue weighted by atomic mass is 32.1. The summed E-state index contributed by atoms with van der Waals surface area (Å²) in [6, 6.07) is 1.72. The average molecular weight is 445 g/mol. The van der Waals surface area contributed by atoms with Crippen LogP contribution in [-0.4, -0.2) is 66.2 Å². The van der Waals surface area contributed by atoms with Crippen LogP contribution in [0.1, 0.15) is 33.1 Å². The minimum Gasteiger partial charge on any atom is -0.396 e. The van der Waals surface area contributed by atoms with E-state index in [1.54, 1.807) is 18.6 Å². The number of hydrogen-bond donors (Lipinski definition) is 5. The molecule has 0 aliphatic heterocycles. The molecule has 5 N–H and O–H groups in total. The van der Waals surface area contributed by atoms with Gasteiger partial charge in [-0.25, -0.2) is 9.97 Å². The van der Waals surface area contributed by atoms with E-state index in [-0.39, 0.29) is 18.6 Å². The van der Waals surface area contributed by atoms with Crippen LogP contribution in [-0.2, 0) is 0 Å². The number of pyridine rings is 1. The number of nitrogens with one attached hydrogen (secondary N) is 2. The molecular formula is C21H28N6O3S. The summed E-state index contributed by atoms with van der Waals surface area (Å²) in [7, 11) is 0. The third-order valence-electron chi connectivity index (χ3n) is 5.89. The Labute approximate surface area is 184 Å². The predicted molar refractivity (Wildman–Crippen MR) is 121 cm³/mol. The molecule has 0 radical (unpaired) electrons. The zero-order valence-corrected chi connectivity index (χ0v) is 18.4. The number of thiazole rings is 1. The summed E-state index contributed by atoms with van der Waals surface area (Å²) in [4.78, 5) is 18.0. The highest BCUT2D eigenvalue weighted by Crippen LogP contribution is 2.36. The molecule has 10 heteroatoms. The van der Waals surface area contributed by atoms with Gasteiger partial charge in [0.15, 0.2) is 0 Å². The van der Waals surface area contributed by atoms with E-state index in [0.29, 0.717) is 23.8 Å². The van der Waals surface area contributed by atoms with E-state index in [4.69, 9.17) is 4.98 Å². The van der Waals surface area contributed by atoms with Gasteiger partial charge in [-0.05, 0) is 25.3 Å². The normalized spacial score (nSPS) is 23.5. The summed E-state index contributed by atoms with van der Waals surface area (Å²) in [5.74, 6) is 0.647. The fourth-order valence-electron chi connectivity index (χ4n) is 3.91. The molecule has 31 heavy (non-hydrogen) atoms. The molecule has 0 amide bonds. The van der Waals surface area contributed by atoms with Gasteiger partial charge in [0.05, 0.1) is 28.6 Å². The number of nitrogens with zero attached hydrogens (tertiary/aromatic N) is 4. The first-order chi connectivity index (χ1) is 15.0. The van der Waals surface area contributed by atoms with Crippen molar-refractivity contribution in [3.63, 3.8) is 0 Å². The zero-order chi connectivity index (χ0) is 22.0. The lowest BCUT2D eigenvalue weighted by molar-refractivity contribution is 0.00446. The molecule has 0 aromatic carbocycles. The topological polar surface area (TPSA) is 136 Å². The van der Waals surface area contributed by atoms with Gasteiger partial charge in [-0.15, -0.1) is 11.3 Å². The number of fused-ring (bicyclic) bond motifs is 1. The Bertz CT molecular complexity index is 994. The van der Waals surface area contributed by atoms with E-state index in [2.05, 4.69) is 39.4 Å². The SMILES string of the molecule is CCC(CC)Nc1ncc(-c2nc3cnccc3s2)c(NC2CC(CO)C(O)C2O)n1. The molecule has 9 nitrogen and oxygen atoms in total. The second-order valence-electron chi connectivity index (χ2n) is 7.89. The van der Waals surface area contributed by atoms with E-state index >= 15 is 0 Å². The third kappa shape index (κ3) is 4.47. The number of aliphatic hydroxyl groups excluding tert-OH is 3. The van der Waals surface area contributed by atoms with Crippen LogP contribution >= 0.6 is 11.3 Å². The number of aliphatic hydroxyl groups is 3. The molecule has 0 saturated heterocycles. The minimum absolute atomic E-state index is 0.181. The summed E-state index contributed by atoms with van der Waals surface area (Å²) >= 11 is 1.51. The molecule has 4 unspecified atom stereocenters. The van der Waals surface area contributed by atoms with Gasteiger partial charge < -0.3 is 26.0 Å². The molecule has 1 saturated carbocycles. The smallest absolute Gasteiger partial charge is 0.224 e. The fourth-order valence-corrected chi connectivity index (χ4v) is 4.86. The fraction of sp³-hybridized carbons (Fsp3) is 0.524. The van der Waals surface area contributed by atoms with Gasteiger partial charge in [0.1, 0.15) is 22.4 Å². The first-order valence-corrected chi connectivity index (χ1v) is 11.4. The Hall–Kier alpha value is -2.40. The lowest BCUT2D eigenvalue weighted by atomic mass is 10.1. The first kappa shape index (κ1) is 21.8. The van der Waals surface area contributed by atoms with Crippen molar-refractivity contribution in [3.8, 4) is 10.6 Å². The maximum absolute atomic E-state index is 10.5. The summed E-state index contributed by atoms with van der Waals surface area (Å²) < 4.78 is 1.01. The van der Waals surface area contributed by atoms with Crippen LogP contribution in [0, 0.1) is 5.92 Å². The monoisotopic (exact) mass is 444 g/mol. The largest absolute Gasteiger partial charge is 0.396 e. The van der Waals surface area contributed by atoms with Gasteiger partial charge in [0.2, 0.25) is 5.95 Å². The Morgan fingerprint density at radius 1 is 1.16 bits per heavy atom. The van der Waals surface area contributed by atoms with Gasteiger partial charge in [0, 0.05) is 31.0 Å². The molecule has 1 aliphatic carbocycles. The molecule has 4 atom stereocenters. The molecule has 3 aromatic heterocycles. The molecule has 3 heterocycles. The highest BCUT2D eigenvalue weighted by Gasteiger charge is 2.41. The van der Waals surface area contributed by atoms with Gasteiger partial charge in [0.25, 0.3) is 0 Å². The molecule has 4 rings (SSSR count). The van der Waals surface area contributed by atoms with Crippen molar-refractivity contribution in [2.24, 2.45) is 5.92 Å². The van der Waals surface area contributed by atoms with E-state index in [1.807, 2.05) is 6.07 Å². The Morgan fingerprint density at radius 3 is 2.65 bits per heavy atom. The second-order valence-corrected chi connectivity index (χ2v) is 8.92. The van der Waals surface area contributed by atoms with Crippen molar-refractivity contribution in [2.75, 3.05) is 17.2 Å². The van der Waals surface area contributed by atoms with Crippen molar-refractivity contribution in [1.29, 1.82) is 0 Å². The van der Waals surface area contributed by atoms with Crippen molar-refractivity contribution in [2.45, 2.75) is 57.4 Å². The van der Waals surface area contributed by atoms with Crippen molar-refractivity contribution < 1.29 is 15.3 Å². The van der Waals surface area contributed by atoms with Crippen LogP contribution in [0.4, 0.5) is 11.8 Å². The van der Waals surface area contributed by atoms with Crippen LogP contribution in [0.2, 0.25) is 0 Å². The molecule has 1 fully saturated rings. The number of aromatic nitrogens is 4. The molecule has 3 aromatic rings. The maximum atomic E-state index is 10.5. The van der Waals surface area contributed by atoms with Crippen molar-refractivity contribution in [3.05, 3.63) is 24.7 Å². The van der Waals surface area contributed by atoms with E-state index in [9.17, 15) is 15.3 Å². The summed E-state index contributed by atoms with van der Waals surface area (Å²) in [5, 5.41) is 37.6. The number of hydrogen-bond acceptors (Lipinski definition) is 10. The Balaban J connectivity index is 1.70. The molecule has 166 valence electrons. The third-order valence-corrected chi connectivity index (χ3v) is 6.96. The quantitative estimate of drug-likeness (QED) is 0.354. The second kappa shape index (κ2) is 9.39. The van der Waals surface area contributed by atoms with Crippen LogP contribution < -0.4 is 10.6 Å². The molecule has 0 spiro atoms. The van der Waals surface area contributed by atoms with Gasteiger partial charge in [-0.1, -0.05) is 13.8 Å². The lowest BCUT2D eigenvalue weighted by Gasteiger charge is -2.21. The Morgan fingerprint density at radius 2 is 1.97 bits per heavy atom. The van der Waals surface area contributed by atoms with Crippen LogP contribution in [0.5, 0.6) is 0 Å². The first-order valence-electron chi connectivity index (χ1n) is 10.6. The maximum Gasteiger partial charge on any atom is 0.224 e. The number of rotatable bonds is 8. The van der Waals surface area contributed by atoms with Crippen molar-refractivity contribution >= 4 is 33.3 Å². The zero-order valence-electron chi connectivity index (χ0n) is 17.6. The number of anilines is 2. The average Bonchev–Trinajstić information content (AvgIpc) is 3.34. The highest BCUT2D eigenvalue weighted by molar-refractivity contribution is 7.21. The van der Waals surface area contributed by atoms with E-state index in [0.717, 1.165) is 28.1 Å². The van der Waals surface area contributed by atoms with E-state index in [1.165, 1.54) is 11.3 Å². The lowest BCUT2D eigenvalue weighted by Crippen LogP contribution is -2.35. The van der Waals surface area contributed by atoms with Crippen molar-refractivity contribution in [1.82, 2.24) is 19.9 Å². The summed E-state index contributed by atoms with van der Waals surface area (Å²) in [6.45, 7) is 4.03. The van der Waals surface area contributed by atoms with Crippen LogP contribution in [0.15, 0.2) is 24.7 Å². The molecule has 0 bridgehead atoms. The van der Waals surface area contributed by atoms with Gasteiger partial charge >= 0.3 is 0 Å². The standard InChI is InChI=1S/C21H28N6O3S/c1-3-12(4-2)24-21-23-8-13(20-26-15-9-22-6-5-16(15)31-20)19(27-21)25-14-7-11(10-28)17(29)18(14)30/h5-6,8-9,11-12,14,17-18,28-30H,3-4,7,10H2,1-2H3,(H2,23,24,25,27). The Kier molecular flexibility index (Phi) is 6.61. The van der Waals surface area contributed by atoms with Gasteiger partial charge in [-0.3, -0.25) is 4.98 Å².